The topological polar surface area (TPSA) is 20.1 Å². The second-order valence-electron chi connectivity index (χ2n) is 3.38. The third-order valence-corrected chi connectivity index (χ3v) is 3.10. The molecule has 1 heterocycles. The van der Waals surface area contributed by atoms with E-state index in [9.17, 15) is 9.18 Å². The van der Waals surface area contributed by atoms with E-state index in [1.165, 1.54) is 24.3 Å². The van der Waals surface area contributed by atoms with E-state index in [1.807, 2.05) is 10.1 Å². The van der Waals surface area contributed by atoms with Gasteiger partial charge in [-0.1, -0.05) is 11.8 Å². The van der Waals surface area contributed by atoms with Crippen LogP contribution in [0.1, 0.15) is 10.4 Å². The molecule has 1 aliphatic heterocycles. The molecule has 78 valence electrons. The number of halogens is 1. The van der Waals surface area contributed by atoms with Gasteiger partial charge in [0.05, 0.1) is 5.75 Å². The predicted octanol–water partition coefficient (Wildman–Crippen LogP) is 1.80. The quantitative estimate of drug-likeness (QED) is 0.576. The third kappa shape index (κ3) is 2.65. The molecule has 2 nitrogen and oxygen atoms in total. The van der Waals surface area contributed by atoms with E-state index < -0.39 is 0 Å². The second kappa shape index (κ2) is 4.57. The van der Waals surface area contributed by atoms with E-state index in [1.54, 1.807) is 11.8 Å². The maximum absolute atomic E-state index is 12.6. The first-order valence-electron chi connectivity index (χ1n) is 4.73. The molecule has 4 heteroatoms. The molecule has 0 radical (unpaired) electrons. The van der Waals surface area contributed by atoms with Crippen molar-refractivity contribution in [2.24, 2.45) is 0 Å². The van der Waals surface area contributed by atoms with Crippen molar-refractivity contribution < 1.29 is 13.8 Å². The number of Topliss-reactive ketones (excluding diaryl/α,β-unsaturated/α-hetero) is 1. The number of carbonyl (C=O) groups excluding carboxylic acids is 1. The summed E-state index contributed by atoms with van der Waals surface area (Å²) in [7, 11) is 0. The van der Waals surface area contributed by atoms with E-state index in [0.29, 0.717) is 12.1 Å². The zero-order valence-electron chi connectivity index (χ0n) is 8.15. The maximum Gasteiger partial charge on any atom is 0.227 e. The van der Waals surface area contributed by atoms with Gasteiger partial charge in [-0.05, 0) is 24.3 Å². The van der Waals surface area contributed by atoms with Gasteiger partial charge in [0.25, 0.3) is 0 Å². The van der Waals surface area contributed by atoms with Crippen molar-refractivity contribution >= 4 is 23.1 Å². The Labute approximate surface area is 91.8 Å². The maximum atomic E-state index is 12.6. The molecule has 2 rings (SSSR count). The largest absolute Gasteiger partial charge is 0.287 e. The van der Waals surface area contributed by atoms with E-state index in [0.717, 1.165) is 12.3 Å². The lowest BCUT2D eigenvalue weighted by atomic mass is 10.1. The fraction of sp³-hybridized carbons (Fsp3) is 0.273. The Morgan fingerprint density at radius 3 is 2.73 bits per heavy atom. The minimum atomic E-state index is -0.310. The van der Waals surface area contributed by atoms with Crippen LogP contribution in [0.15, 0.2) is 24.3 Å². The lowest BCUT2D eigenvalue weighted by Crippen LogP contribution is -2.20. The Morgan fingerprint density at radius 1 is 1.40 bits per heavy atom. The minimum Gasteiger partial charge on any atom is -0.287 e. The van der Waals surface area contributed by atoms with Gasteiger partial charge in [0.1, 0.15) is 5.82 Å². The highest BCUT2D eigenvalue weighted by molar-refractivity contribution is 8.12. The first kappa shape index (κ1) is 10.4. The lowest BCUT2D eigenvalue weighted by molar-refractivity contribution is -0.499. The number of hydrogen-bond acceptors (Lipinski definition) is 2. The van der Waals surface area contributed by atoms with Gasteiger partial charge in [-0.3, -0.25) is 4.79 Å². The molecular formula is C11H11FNOS+. The van der Waals surface area contributed by atoms with Crippen molar-refractivity contribution in [3.8, 4) is 0 Å². The van der Waals surface area contributed by atoms with Crippen LogP contribution < -0.4 is 0 Å². The molecule has 0 spiro atoms. The molecule has 0 atom stereocenters. The summed E-state index contributed by atoms with van der Waals surface area (Å²) in [6.07, 6.45) is 0. The second-order valence-corrected chi connectivity index (χ2v) is 4.33. The summed E-state index contributed by atoms with van der Waals surface area (Å²) in [5.41, 5.74) is 2.54. The van der Waals surface area contributed by atoms with Gasteiger partial charge in [0.15, 0.2) is 12.1 Å². The highest BCUT2D eigenvalue weighted by Crippen LogP contribution is 2.06. The summed E-state index contributed by atoms with van der Waals surface area (Å²) in [5.74, 6) is 0.764. The molecular weight excluding hydrogens is 213 g/mol. The van der Waals surface area contributed by atoms with Crippen molar-refractivity contribution in [3.05, 3.63) is 35.6 Å². The van der Waals surface area contributed by atoms with Crippen LogP contribution in [-0.2, 0) is 0 Å². The molecule has 0 N–H and O–H groups in total. The van der Waals surface area contributed by atoms with Gasteiger partial charge in [-0.25, -0.2) is 8.97 Å². The van der Waals surface area contributed by atoms with Gasteiger partial charge in [0.2, 0.25) is 12.3 Å². The van der Waals surface area contributed by atoms with Crippen LogP contribution in [0.3, 0.4) is 0 Å². The van der Waals surface area contributed by atoms with Crippen molar-refractivity contribution in [1.29, 1.82) is 0 Å². The summed E-state index contributed by atoms with van der Waals surface area (Å²) in [4.78, 5) is 11.7. The van der Waals surface area contributed by atoms with Crippen molar-refractivity contribution in [1.82, 2.24) is 0 Å². The summed E-state index contributed by atoms with van der Waals surface area (Å²) < 4.78 is 14.6. The lowest BCUT2D eigenvalue weighted by Gasteiger charge is -1.98. The number of rotatable bonds is 3. The molecule has 15 heavy (non-hydrogen) atoms. The number of thioether (sulfide) groups is 1. The highest BCUT2D eigenvalue weighted by Gasteiger charge is 2.17. The SMILES string of the molecule is O=C(C[N+]1=CSCC1)c1ccc(F)cc1. The molecule has 0 amide bonds. The number of hydrogen-bond donors (Lipinski definition) is 0. The van der Waals surface area contributed by atoms with Crippen LogP contribution in [0, 0.1) is 5.82 Å². The monoisotopic (exact) mass is 224 g/mol. The molecule has 1 aromatic carbocycles. The molecule has 0 fully saturated rings. The molecule has 0 aliphatic carbocycles. The van der Waals surface area contributed by atoms with Gasteiger partial charge >= 0.3 is 0 Å². The van der Waals surface area contributed by atoms with Crippen LogP contribution in [-0.4, -0.2) is 34.7 Å². The van der Waals surface area contributed by atoms with Crippen LogP contribution in [0.2, 0.25) is 0 Å². The Hall–Kier alpha value is -1.16. The molecule has 0 saturated carbocycles. The molecule has 1 aromatic rings. The molecule has 0 aromatic heterocycles. The minimum absolute atomic E-state index is 0.0359. The summed E-state index contributed by atoms with van der Waals surface area (Å²) >= 11 is 1.71. The zero-order chi connectivity index (χ0) is 10.7. The fourth-order valence-corrected chi connectivity index (χ4v) is 2.24. The van der Waals surface area contributed by atoms with Crippen molar-refractivity contribution in [2.75, 3.05) is 18.8 Å². The van der Waals surface area contributed by atoms with E-state index >= 15 is 0 Å². The average Bonchev–Trinajstić information content (AvgIpc) is 2.71. The smallest absolute Gasteiger partial charge is 0.227 e. The van der Waals surface area contributed by atoms with Crippen LogP contribution in [0.5, 0.6) is 0 Å². The molecule has 0 saturated heterocycles. The molecule has 1 aliphatic rings. The van der Waals surface area contributed by atoms with Gasteiger partial charge in [-0.15, -0.1) is 0 Å². The Bertz CT molecular complexity index is 400. The van der Waals surface area contributed by atoms with E-state index in [2.05, 4.69) is 0 Å². The van der Waals surface area contributed by atoms with Crippen LogP contribution in [0.25, 0.3) is 0 Å². The standard InChI is InChI=1S/C11H11FNOS/c12-10-3-1-9(2-4-10)11(14)7-13-5-6-15-8-13/h1-4,8H,5-7H2/q+1. The Morgan fingerprint density at radius 2 is 2.13 bits per heavy atom. The molecule has 0 unspecified atom stereocenters. The first-order chi connectivity index (χ1) is 7.25. The Balaban J connectivity index is 2.04. The number of benzene rings is 1. The first-order valence-corrected chi connectivity index (χ1v) is 5.78. The van der Waals surface area contributed by atoms with E-state index in [-0.39, 0.29) is 11.6 Å². The molecule has 0 bridgehead atoms. The van der Waals surface area contributed by atoms with Gasteiger partial charge in [-0.2, -0.15) is 0 Å². The Kier molecular flexibility index (Phi) is 3.16. The number of carbonyl (C=O) groups is 1. The number of ketones is 1. The van der Waals surface area contributed by atoms with Crippen LogP contribution >= 0.6 is 11.8 Å². The summed E-state index contributed by atoms with van der Waals surface area (Å²) in [5, 5.41) is 0. The normalized spacial score (nSPS) is 15.1. The highest BCUT2D eigenvalue weighted by atomic mass is 32.2. The third-order valence-electron chi connectivity index (χ3n) is 2.23. The summed E-state index contributed by atoms with van der Waals surface area (Å²) in [6.45, 7) is 1.30. The summed E-state index contributed by atoms with van der Waals surface area (Å²) in [6, 6.07) is 5.69. The van der Waals surface area contributed by atoms with E-state index in [4.69, 9.17) is 0 Å². The van der Waals surface area contributed by atoms with Gasteiger partial charge in [0, 0.05) is 5.56 Å². The van der Waals surface area contributed by atoms with Crippen LogP contribution in [0.4, 0.5) is 4.39 Å². The van der Waals surface area contributed by atoms with Crippen molar-refractivity contribution in [3.63, 3.8) is 0 Å². The number of nitrogens with zero attached hydrogens (tertiary/aromatic N) is 1. The fourth-order valence-electron chi connectivity index (χ4n) is 1.41. The zero-order valence-corrected chi connectivity index (χ0v) is 8.97. The average molecular weight is 224 g/mol. The predicted molar refractivity (Wildman–Crippen MR) is 59.2 cm³/mol. The van der Waals surface area contributed by atoms with Crippen molar-refractivity contribution in [2.45, 2.75) is 0 Å². The van der Waals surface area contributed by atoms with Gasteiger partial charge < -0.3 is 0 Å².